The van der Waals surface area contributed by atoms with Crippen molar-refractivity contribution in [2.75, 3.05) is 12.4 Å². The van der Waals surface area contributed by atoms with Crippen molar-refractivity contribution in [1.82, 2.24) is 4.98 Å². The zero-order valence-electron chi connectivity index (χ0n) is 12.4. The number of carbonyl (C=O) groups is 2. The first kappa shape index (κ1) is 14.7. The number of benzene rings is 1. The first-order valence-corrected chi connectivity index (χ1v) is 7.83. The summed E-state index contributed by atoms with van der Waals surface area (Å²) in [6, 6.07) is 7.78. The molecule has 0 aliphatic heterocycles. The van der Waals surface area contributed by atoms with E-state index in [4.69, 9.17) is 4.74 Å². The molecule has 3 rings (SSSR count). The number of anilines is 1. The fourth-order valence-corrected chi connectivity index (χ4v) is 3.63. The molecular weight excluding hydrogens is 300 g/mol. The highest BCUT2D eigenvalue weighted by atomic mass is 32.1. The molecule has 0 spiro atoms. The Morgan fingerprint density at radius 3 is 2.68 bits per heavy atom. The maximum Gasteiger partial charge on any atom is 0.223 e. The van der Waals surface area contributed by atoms with Gasteiger partial charge in [0.1, 0.15) is 5.75 Å². The van der Waals surface area contributed by atoms with Crippen molar-refractivity contribution in [2.24, 2.45) is 0 Å². The number of methoxy groups -OCH3 is 1. The molecule has 1 aliphatic rings. The zero-order chi connectivity index (χ0) is 15.7. The van der Waals surface area contributed by atoms with Crippen LogP contribution in [0.1, 0.15) is 40.2 Å². The summed E-state index contributed by atoms with van der Waals surface area (Å²) < 4.78 is 5.16. The summed E-state index contributed by atoms with van der Waals surface area (Å²) in [6.45, 7) is 1.43. The average molecular weight is 316 g/mol. The number of carbonyl (C=O) groups excluding carboxylic acids is 2. The van der Waals surface area contributed by atoms with Crippen LogP contribution in [0.4, 0.5) is 5.13 Å². The molecule has 1 atom stereocenters. The summed E-state index contributed by atoms with van der Waals surface area (Å²) in [6.07, 6.45) is 1.19. The van der Waals surface area contributed by atoms with Crippen LogP contribution < -0.4 is 10.1 Å². The number of thiazole rings is 1. The molecule has 1 heterocycles. The summed E-state index contributed by atoms with van der Waals surface area (Å²) in [5.41, 5.74) is 1.89. The maximum absolute atomic E-state index is 12.3. The number of rotatable bonds is 3. The lowest BCUT2D eigenvalue weighted by atomic mass is 9.84. The van der Waals surface area contributed by atoms with Gasteiger partial charge in [-0.25, -0.2) is 4.98 Å². The quantitative estimate of drug-likeness (QED) is 0.945. The molecule has 0 unspecified atom stereocenters. The van der Waals surface area contributed by atoms with E-state index in [0.717, 1.165) is 17.0 Å². The van der Waals surface area contributed by atoms with Crippen LogP contribution in [0.5, 0.6) is 5.75 Å². The second kappa shape index (κ2) is 5.88. The van der Waals surface area contributed by atoms with E-state index in [1.54, 1.807) is 7.11 Å². The monoisotopic (exact) mass is 316 g/mol. The lowest BCUT2D eigenvalue weighted by molar-refractivity contribution is -0.114. The minimum Gasteiger partial charge on any atom is -0.497 e. The van der Waals surface area contributed by atoms with E-state index in [9.17, 15) is 9.59 Å². The number of nitrogens with one attached hydrogen (secondary N) is 1. The van der Waals surface area contributed by atoms with Gasteiger partial charge in [0.2, 0.25) is 5.91 Å². The van der Waals surface area contributed by atoms with Crippen molar-refractivity contribution in [1.29, 1.82) is 0 Å². The van der Waals surface area contributed by atoms with E-state index in [-0.39, 0.29) is 17.6 Å². The predicted molar refractivity (Wildman–Crippen MR) is 84.8 cm³/mol. The molecule has 114 valence electrons. The Morgan fingerprint density at radius 2 is 2.05 bits per heavy atom. The number of fused-ring (bicyclic) bond motifs is 1. The van der Waals surface area contributed by atoms with Crippen molar-refractivity contribution in [3.8, 4) is 5.75 Å². The van der Waals surface area contributed by atoms with Gasteiger partial charge in [0.05, 0.1) is 17.7 Å². The van der Waals surface area contributed by atoms with Gasteiger partial charge in [0.25, 0.3) is 0 Å². The van der Waals surface area contributed by atoms with Gasteiger partial charge in [-0.1, -0.05) is 23.5 Å². The Bertz CT molecular complexity index is 721. The standard InChI is InChI=1S/C16H16N2O3S/c1-9(19)17-16-18-13-7-11(8-14(20)15(13)22-16)10-3-5-12(21-2)6-4-10/h3-6,11H,7-8H2,1-2H3,(H,17,18,19)/t11-/m0/s1. The minimum atomic E-state index is -0.176. The van der Waals surface area contributed by atoms with Crippen LogP contribution in [0, 0.1) is 0 Å². The van der Waals surface area contributed by atoms with Crippen molar-refractivity contribution >= 4 is 28.2 Å². The largest absolute Gasteiger partial charge is 0.497 e. The van der Waals surface area contributed by atoms with Crippen LogP contribution in [0.2, 0.25) is 0 Å². The van der Waals surface area contributed by atoms with Crippen LogP contribution in [0.15, 0.2) is 24.3 Å². The Morgan fingerprint density at radius 1 is 1.32 bits per heavy atom. The van der Waals surface area contributed by atoms with E-state index in [1.807, 2.05) is 24.3 Å². The molecule has 5 nitrogen and oxygen atoms in total. The first-order chi connectivity index (χ1) is 10.6. The van der Waals surface area contributed by atoms with Crippen LogP contribution in [-0.2, 0) is 11.2 Å². The lowest BCUT2D eigenvalue weighted by Gasteiger charge is -2.20. The van der Waals surface area contributed by atoms with Crippen LogP contribution >= 0.6 is 11.3 Å². The molecule has 0 saturated heterocycles. The number of amides is 1. The third-order valence-electron chi connectivity index (χ3n) is 3.69. The molecule has 22 heavy (non-hydrogen) atoms. The molecule has 1 N–H and O–H groups in total. The average Bonchev–Trinajstić information content (AvgIpc) is 2.89. The molecule has 6 heteroatoms. The third kappa shape index (κ3) is 2.87. The van der Waals surface area contributed by atoms with E-state index in [1.165, 1.54) is 18.3 Å². The van der Waals surface area contributed by atoms with E-state index >= 15 is 0 Å². The van der Waals surface area contributed by atoms with E-state index in [2.05, 4.69) is 10.3 Å². The molecule has 0 saturated carbocycles. The van der Waals surface area contributed by atoms with E-state index < -0.39 is 0 Å². The number of ether oxygens (including phenoxy) is 1. The van der Waals surface area contributed by atoms with Gasteiger partial charge >= 0.3 is 0 Å². The van der Waals surface area contributed by atoms with Crippen LogP contribution in [0.25, 0.3) is 0 Å². The van der Waals surface area contributed by atoms with Crippen LogP contribution in [-0.4, -0.2) is 23.8 Å². The Kier molecular flexibility index (Phi) is 3.94. The molecule has 0 fully saturated rings. The molecule has 1 aliphatic carbocycles. The van der Waals surface area contributed by atoms with Gasteiger partial charge in [-0.2, -0.15) is 0 Å². The number of aromatic nitrogens is 1. The number of hydrogen-bond donors (Lipinski definition) is 1. The minimum absolute atomic E-state index is 0.0937. The van der Waals surface area contributed by atoms with Crippen molar-refractivity contribution in [3.63, 3.8) is 0 Å². The number of ketones is 1. The second-order valence-corrected chi connectivity index (χ2v) is 6.28. The predicted octanol–water partition coefficient (Wildman–Crippen LogP) is 3.02. The maximum atomic E-state index is 12.3. The van der Waals surface area contributed by atoms with Gasteiger partial charge in [-0.05, 0) is 30.0 Å². The van der Waals surface area contributed by atoms with E-state index in [0.29, 0.717) is 22.9 Å². The van der Waals surface area contributed by atoms with Crippen molar-refractivity contribution in [2.45, 2.75) is 25.7 Å². The summed E-state index contributed by atoms with van der Waals surface area (Å²) in [4.78, 5) is 28.5. The summed E-state index contributed by atoms with van der Waals surface area (Å²) in [5.74, 6) is 0.841. The molecule has 1 amide bonds. The highest BCUT2D eigenvalue weighted by molar-refractivity contribution is 7.17. The van der Waals surface area contributed by atoms with Crippen molar-refractivity contribution in [3.05, 3.63) is 40.4 Å². The second-order valence-electron chi connectivity index (χ2n) is 5.28. The molecule has 1 aromatic carbocycles. The summed E-state index contributed by atoms with van der Waals surface area (Å²) >= 11 is 1.26. The van der Waals surface area contributed by atoms with Gasteiger partial charge < -0.3 is 10.1 Å². The smallest absolute Gasteiger partial charge is 0.223 e. The lowest BCUT2D eigenvalue weighted by Crippen LogP contribution is -2.17. The molecule has 2 aromatic rings. The van der Waals surface area contributed by atoms with Gasteiger partial charge in [0, 0.05) is 13.3 Å². The zero-order valence-corrected chi connectivity index (χ0v) is 13.2. The van der Waals surface area contributed by atoms with Gasteiger partial charge in [0.15, 0.2) is 10.9 Å². The van der Waals surface area contributed by atoms with Gasteiger partial charge in [-0.15, -0.1) is 0 Å². The van der Waals surface area contributed by atoms with Gasteiger partial charge in [-0.3, -0.25) is 9.59 Å². The Labute approximate surface area is 132 Å². The molecule has 0 radical (unpaired) electrons. The molecule has 1 aromatic heterocycles. The number of nitrogens with zero attached hydrogens (tertiary/aromatic N) is 1. The molecular formula is C16H16N2O3S. The highest BCUT2D eigenvalue weighted by Gasteiger charge is 2.30. The SMILES string of the molecule is COc1ccc([C@@H]2CC(=O)c3sc(NC(C)=O)nc3C2)cc1. The summed E-state index contributed by atoms with van der Waals surface area (Å²) in [5, 5.41) is 3.15. The topological polar surface area (TPSA) is 68.3 Å². The van der Waals surface area contributed by atoms with Crippen molar-refractivity contribution < 1.29 is 14.3 Å². The first-order valence-electron chi connectivity index (χ1n) is 7.01. The number of hydrogen-bond acceptors (Lipinski definition) is 5. The normalized spacial score (nSPS) is 17.0. The summed E-state index contributed by atoms with van der Waals surface area (Å²) in [7, 11) is 1.63. The fourth-order valence-electron chi connectivity index (χ4n) is 2.65. The Hall–Kier alpha value is -2.21. The Balaban J connectivity index is 1.84. The van der Waals surface area contributed by atoms with Crippen LogP contribution in [0.3, 0.4) is 0 Å². The fraction of sp³-hybridized carbons (Fsp3) is 0.312. The highest BCUT2D eigenvalue weighted by Crippen LogP contribution is 2.37. The number of Topliss-reactive ketones (excluding diaryl/α,β-unsaturated/α-hetero) is 1. The third-order valence-corrected chi connectivity index (χ3v) is 4.75. The molecule has 0 bridgehead atoms.